The maximum absolute atomic E-state index is 13.0. The topological polar surface area (TPSA) is 0 Å². The fourth-order valence-electron chi connectivity index (χ4n) is 1.44. The smallest absolute Gasteiger partial charge is 0.124 e. The minimum Gasteiger partial charge on any atom is -0.207 e. The minimum absolute atomic E-state index is 0.201. The Morgan fingerprint density at radius 3 is 2.67 bits per heavy atom. The lowest BCUT2D eigenvalue weighted by Gasteiger charge is -1.95. The molecular weight excluding hydrogens is 187 g/mol. The normalized spacial score (nSPS) is 9.53. The van der Waals surface area contributed by atoms with E-state index in [1.54, 1.807) is 0 Å². The van der Waals surface area contributed by atoms with Crippen LogP contribution < -0.4 is 0 Å². The molecule has 1 heteroatoms. The van der Waals surface area contributed by atoms with Gasteiger partial charge in [0.1, 0.15) is 5.82 Å². The monoisotopic (exact) mass is 204 g/mol. The van der Waals surface area contributed by atoms with Crippen molar-refractivity contribution in [3.8, 4) is 11.8 Å². The summed E-state index contributed by atoms with van der Waals surface area (Å²) in [6.45, 7) is 4.05. The van der Waals surface area contributed by atoms with Gasteiger partial charge in [-0.3, -0.25) is 0 Å². The Kier molecular flexibility index (Phi) is 4.90. The third kappa shape index (κ3) is 4.65. The van der Waals surface area contributed by atoms with Crippen molar-refractivity contribution in [3.63, 3.8) is 0 Å². The van der Waals surface area contributed by atoms with E-state index >= 15 is 0 Å². The second-order valence-corrected chi connectivity index (χ2v) is 3.78. The highest BCUT2D eigenvalue weighted by Crippen LogP contribution is 2.07. The Balaban J connectivity index is 2.55. The lowest BCUT2D eigenvalue weighted by atomic mass is 10.1. The molecule has 1 aromatic rings. The lowest BCUT2D eigenvalue weighted by Crippen LogP contribution is -1.82. The Morgan fingerprint density at radius 1 is 1.20 bits per heavy atom. The first kappa shape index (κ1) is 11.8. The van der Waals surface area contributed by atoms with Gasteiger partial charge in [-0.25, -0.2) is 4.39 Å². The lowest BCUT2D eigenvalue weighted by molar-refractivity contribution is 0.626. The van der Waals surface area contributed by atoms with E-state index < -0.39 is 0 Å². The zero-order chi connectivity index (χ0) is 11.1. The summed E-state index contributed by atoms with van der Waals surface area (Å²) in [5.41, 5.74) is 1.71. The molecule has 0 unspecified atom stereocenters. The molecule has 0 aliphatic carbocycles. The Labute approximate surface area is 91.5 Å². The summed E-state index contributed by atoms with van der Waals surface area (Å²) in [4.78, 5) is 0. The third-order valence-electron chi connectivity index (χ3n) is 2.18. The van der Waals surface area contributed by atoms with Gasteiger partial charge in [-0.1, -0.05) is 31.6 Å². The summed E-state index contributed by atoms with van der Waals surface area (Å²) in [5.74, 6) is 5.87. The Morgan fingerprint density at radius 2 is 2.00 bits per heavy atom. The summed E-state index contributed by atoms with van der Waals surface area (Å²) in [5, 5.41) is 0. The number of rotatable bonds is 3. The van der Waals surface area contributed by atoms with Crippen LogP contribution >= 0.6 is 0 Å². The number of aryl methyl sites for hydroxylation is 1. The summed E-state index contributed by atoms with van der Waals surface area (Å²) in [6, 6.07) is 4.91. The first-order valence-corrected chi connectivity index (χ1v) is 5.48. The van der Waals surface area contributed by atoms with Crippen LogP contribution in [0.15, 0.2) is 18.2 Å². The predicted molar refractivity (Wildman–Crippen MR) is 62.2 cm³/mol. The van der Waals surface area contributed by atoms with E-state index in [4.69, 9.17) is 0 Å². The van der Waals surface area contributed by atoms with Crippen molar-refractivity contribution in [1.29, 1.82) is 0 Å². The molecule has 0 aromatic heterocycles. The molecule has 1 aromatic carbocycles. The number of hydrogen-bond acceptors (Lipinski definition) is 0. The van der Waals surface area contributed by atoms with Gasteiger partial charge >= 0.3 is 0 Å². The van der Waals surface area contributed by atoms with Gasteiger partial charge in [-0.15, -0.1) is 0 Å². The van der Waals surface area contributed by atoms with Gasteiger partial charge in [0, 0.05) is 12.0 Å². The van der Waals surface area contributed by atoms with E-state index in [1.165, 1.54) is 25.0 Å². The summed E-state index contributed by atoms with van der Waals surface area (Å²) >= 11 is 0. The number of benzene rings is 1. The van der Waals surface area contributed by atoms with Gasteiger partial charge in [0.15, 0.2) is 0 Å². The molecule has 0 atom stereocenters. The second-order valence-electron chi connectivity index (χ2n) is 3.78. The first-order chi connectivity index (χ1) is 7.22. The molecule has 0 fully saturated rings. The summed E-state index contributed by atoms with van der Waals surface area (Å²) in [6.07, 6.45) is 4.47. The van der Waals surface area contributed by atoms with Crippen molar-refractivity contribution in [3.05, 3.63) is 35.1 Å². The van der Waals surface area contributed by atoms with Crippen molar-refractivity contribution in [1.82, 2.24) is 0 Å². The molecule has 0 bridgehead atoms. The van der Waals surface area contributed by atoms with E-state index in [1.807, 2.05) is 13.0 Å². The molecule has 0 aliphatic heterocycles. The van der Waals surface area contributed by atoms with Crippen LogP contribution in [0.4, 0.5) is 4.39 Å². The van der Waals surface area contributed by atoms with Crippen LogP contribution in [-0.4, -0.2) is 0 Å². The summed E-state index contributed by atoms with van der Waals surface area (Å²) in [7, 11) is 0. The van der Waals surface area contributed by atoms with Crippen LogP contribution in [-0.2, 0) is 0 Å². The Bertz CT molecular complexity index is 348. The second kappa shape index (κ2) is 6.24. The van der Waals surface area contributed by atoms with Gasteiger partial charge in [0.2, 0.25) is 0 Å². The SMILES string of the molecule is CCCCCC#Cc1cc(C)cc(F)c1. The molecule has 0 amide bonds. The van der Waals surface area contributed by atoms with Crippen molar-refractivity contribution in [2.75, 3.05) is 0 Å². The van der Waals surface area contributed by atoms with E-state index in [9.17, 15) is 4.39 Å². The van der Waals surface area contributed by atoms with Crippen LogP contribution in [0.2, 0.25) is 0 Å². The fraction of sp³-hybridized carbons (Fsp3) is 0.429. The molecule has 0 aliphatic rings. The molecule has 1 rings (SSSR count). The standard InChI is InChI=1S/C14H17F/c1-3-4-5-6-7-8-13-9-12(2)10-14(15)11-13/h9-11H,3-6H2,1-2H3. The van der Waals surface area contributed by atoms with Crippen molar-refractivity contribution in [2.45, 2.75) is 39.5 Å². The molecule has 0 spiro atoms. The predicted octanol–water partition coefficient (Wildman–Crippen LogP) is 4.07. The molecule has 0 heterocycles. The molecule has 80 valence electrons. The molecule has 0 saturated carbocycles. The zero-order valence-corrected chi connectivity index (χ0v) is 9.44. The number of hydrogen-bond donors (Lipinski definition) is 0. The van der Waals surface area contributed by atoms with Crippen LogP contribution in [0.25, 0.3) is 0 Å². The van der Waals surface area contributed by atoms with Crippen LogP contribution in [0.3, 0.4) is 0 Å². The van der Waals surface area contributed by atoms with Gasteiger partial charge in [-0.2, -0.15) is 0 Å². The van der Waals surface area contributed by atoms with Gasteiger partial charge in [0.05, 0.1) is 0 Å². The van der Waals surface area contributed by atoms with Gasteiger partial charge in [0.25, 0.3) is 0 Å². The fourth-order valence-corrected chi connectivity index (χ4v) is 1.44. The molecule has 15 heavy (non-hydrogen) atoms. The largest absolute Gasteiger partial charge is 0.207 e. The highest BCUT2D eigenvalue weighted by Gasteiger charge is 1.94. The Hall–Kier alpha value is -1.29. The highest BCUT2D eigenvalue weighted by atomic mass is 19.1. The number of halogens is 1. The maximum atomic E-state index is 13.0. The minimum atomic E-state index is -0.201. The third-order valence-corrected chi connectivity index (χ3v) is 2.18. The van der Waals surface area contributed by atoms with E-state index in [-0.39, 0.29) is 5.82 Å². The van der Waals surface area contributed by atoms with Gasteiger partial charge < -0.3 is 0 Å². The molecule has 0 saturated heterocycles. The first-order valence-electron chi connectivity index (χ1n) is 5.48. The van der Waals surface area contributed by atoms with Crippen molar-refractivity contribution in [2.24, 2.45) is 0 Å². The average Bonchev–Trinajstić information content (AvgIpc) is 2.16. The van der Waals surface area contributed by atoms with Crippen molar-refractivity contribution >= 4 is 0 Å². The molecule has 0 radical (unpaired) electrons. The summed E-state index contributed by atoms with van der Waals surface area (Å²) < 4.78 is 13.0. The van der Waals surface area contributed by atoms with Crippen LogP contribution in [0, 0.1) is 24.6 Å². The highest BCUT2D eigenvalue weighted by molar-refractivity contribution is 5.37. The molecule has 0 N–H and O–H groups in total. The van der Waals surface area contributed by atoms with E-state index in [0.29, 0.717) is 0 Å². The van der Waals surface area contributed by atoms with Crippen LogP contribution in [0.5, 0.6) is 0 Å². The molecule has 0 nitrogen and oxygen atoms in total. The zero-order valence-electron chi connectivity index (χ0n) is 9.44. The van der Waals surface area contributed by atoms with Gasteiger partial charge in [-0.05, 0) is 37.1 Å². The number of unbranched alkanes of at least 4 members (excludes halogenated alkanes) is 3. The quantitative estimate of drug-likeness (QED) is 0.514. The maximum Gasteiger partial charge on any atom is 0.124 e. The van der Waals surface area contributed by atoms with E-state index in [2.05, 4.69) is 18.8 Å². The molecular formula is C14H17F. The van der Waals surface area contributed by atoms with E-state index in [0.717, 1.165) is 24.0 Å². The van der Waals surface area contributed by atoms with Crippen molar-refractivity contribution < 1.29 is 4.39 Å². The average molecular weight is 204 g/mol. The van der Waals surface area contributed by atoms with Crippen LogP contribution in [0.1, 0.15) is 43.7 Å².